The summed E-state index contributed by atoms with van der Waals surface area (Å²) in [4.78, 5) is 4.96. The Hall–Kier alpha value is -3.27. The highest BCUT2D eigenvalue weighted by Crippen LogP contribution is 2.40. The summed E-state index contributed by atoms with van der Waals surface area (Å²) in [7, 11) is 0. The van der Waals surface area contributed by atoms with E-state index in [1.807, 2.05) is 24.3 Å². The third-order valence-corrected chi connectivity index (χ3v) is 4.66. The molecule has 2 nitrogen and oxygen atoms in total. The van der Waals surface area contributed by atoms with Crippen molar-refractivity contribution in [2.75, 3.05) is 5.32 Å². The Morgan fingerprint density at radius 1 is 0.690 bits per heavy atom. The fourth-order valence-electron chi connectivity index (χ4n) is 3.44. The minimum absolute atomic E-state index is 0.187. The van der Waals surface area contributed by atoms with Crippen molar-refractivity contribution in [2.24, 2.45) is 0 Å². The number of nitrogens with one attached hydrogen (secondary N) is 1. The van der Waals surface area contributed by atoms with E-state index in [1.165, 1.54) is 24.3 Å². The van der Waals surface area contributed by atoms with Crippen LogP contribution in [0, 0.1) is 11.6 Å². The number of hydrogen-bond donors (Lipinski definition) is 1. The second kappa shape index (κ2) is 7.28. The smallest absolute Gasteiger partial charge is 0.135 e. The standard InChI is InChI=1S/C25H22F2N2/c1-25(2,3)29-24-21-7-5-4-6-20(21)22(16-8-12-18(26)13-9-16)23(28-24)17-10-14-19(27)15-11-17/h4-15H,1-3H3,(H,28,29). The number of benzene rings is 3. The van der Waals surface area contributed by atoms with Gasteiger partial charge in [-0.2, -0.15) is 0 Å². The summed E-state index contributed by atoms with van der Waals surface area (Å²) < 4.78 is 27.1. The van der Waals surface area contributed by atoms with Crippen LogP contribution >= 0.6 is 0 Å². The van der Waals surface area contributed by atoms with E-state index in [9.17, 15) is 8.78 Å². The van der Waals surface area contributed by atoms with E-state index >= 15 is 0 Å². The highest BCUT2D eigenvalue weighted by atomic mass is 19.1. The van der Waals surface area contributed by atoms with Crippen molar-refractivity contribution in [1.29, 1.82) is 0 Å². The Morgan fingerprint density at radius 3 is 1.76 bits per heavy atom. The van der Waals surface area contributed by atoms with Crippen molar-refractivity contribution in [1.82, 2.24) is 4.98 Å². The zero-order valence-corrected chi connectivity index (χ0v) is 16.6. The first kappa shape index (κ1) is 19.1. The molecule has 29 heavy (non-hydrogen) atoms. The van der Waals surface area contributed by atoms with E-state index in [2.05, 4.69) is 26.1 Å². The zero-order chi connectivity index (χ0) is 20.6. The lowest BCUT2D eigenvalue weighted by Crippen LogP contribution is -2.27. The second-order valence-corrected chi connectivity index (χ2v) is 8.12. The fraction of sp³-hybridized carbons (Fsp3) is 0.160. The van der Waals surface area contributed by atoms with Gasteiger partial charge in [0.15, 0.2) is 0 Å². The summed E-state index contributed by atoms with van der Waals surface area (Å²) in [5, 5.41) is 5.47. The molecule has 0 aliphatic heterocycles. The zero-order valence-electron chi connectivity index (χ0n) is 16.6. The molecule has 0 aliphatic carbocycles. The minimum Gasteiger partial charge on any atom is -0.365 e. The monoisotopic (exact) mass is 388 g/mol. The third-order valence-electron chi connectivity index (χ3n) is 4.66. The quantitative estimate of drug-likeness (QED) is 0.406. The molecule has 0 saturated carbocycles. The van der Waals surface area contributed by atoms with E-state index in [0.29, 0.717) is 0 Å². The van der Waals surface area contributed by atoms with Gasteiger partial charge >= 0.3 is 0 Å². The molecule has 1 aromatic heterocycles. The number of hydrogen-bond acceptors (Lipinski definition) is 2. The molecule has 0 fully saturated rings. The number of fused-ring (bicyclic) bond motifs is 1. The molecule has 0 aliphatic rings. The van der Waals surface area contributed by atoms with E-state index in [4.69, 9.17) is 4.98 Å². The first-order valence-corrected chi connectivity index (χ1v) is 9.55. The van der Waals surface area contributed by atoms with Crippen LogP contribution in [0.15, 0.2) is 72.8 Å². The number of anilines is 1. The lowest BCUT2D eigenvalue weighted by molar-refractivity contribution is 0.627. The van der Waals surface area contributed by atoms with Crippen LogP contribution in [-0.2, 0) is 0 Å². The SMILES string of the molecule is CC(C)(C)Nc1nc(-c2ccc(F)cc2)c(-c2ccc(F)cc2)c2ccccc12. The summed E-state index contributed by atoms with van der Waals surface area (Å²) in [6.07, 6.45) is 0. The van der Waals surface area contributed by atoms with E-state index in [-0.39, 0.29) is 17.2 Å². The summed E-state index contributed by atoms with van der Waals surface area (Å²) >= 11 is 0. The molecular formula is C25H22F2N2. The van der Waals surface area contributed by atoms with Gasteiger partial charge in [0.1, 0.15) is 17.5 Å². The molecule has 0 atom stereocenters. The average molecular weight is 388 g/mol. The lowest BCUT2D eigenvalue weighted by Gasteiger charge is -2.24. The molecule has 0 saturated heterocycles. The lowest BCUT2D eigenvalue weighted by atomic mass is 9.93. The molecule has 1 heterocycles. The number of halogens is 2. The maximum absolute atomic E-state index is 13.6. The van der Waals surface area contributed by atoms with Crippen LogP contribution in [0.1, 0.15) is 20.8 Å². The van der Waals surface area contributed by atoms with Gasteiger partial charge in [-0.3, -0.25) is 0 Å². The number of nitrogens with zero attached hydrogens (tertiary/aromatic N) is 1. The van der Waals surface area contributed by atoms with Crippen molar-refractivity contribution in [3.63, 3.8) is 0 Å². The Kier molecular flexibility index (Phi) is 4.79. The molecule has 0 amide bonds. The normalized spacial score (nSPS) is 11.6. The Morgan fingerprint density at radius 2 is 1.21 bits per heavy atom. The Balaban J connectivity index is 2.07. The van der Waals surface area contributed by atoms with E-state index in [0.717, 1.165) is 39.0 Å². The summed E-state index contributed by atoms with van der Waals surface area (Å²) in [6.45, 7) is 6.23. The van der Waals surface area contributed by atoms with Gasteiger partial charge in [-0.1, -0.05) is 36.4 Å². The number of aromatic nitrogens is 1. The van der Waals surface area contributed by atoms with Crippen LogP contribution in [0.25, 0.3) is 33.2 Å². The van der Waals surface area contributed by atoms with Crippen LogP contribution in [0.5, 0.6) is 0 Å². The predicted octanol–water partition coefficient (Wildman–Crippen LogP) is 7.06. The second-order valence-electron chi connectivity index (χ2n) is 8.12. The molecule has 4 heteroatoms. The molecule has 1 N–H and O–H groups in total. The van der Waals surface area contributed by atoms with Gasteiger partial charge in [-0.05, 0) is 68.1 Å². The minimum atomic E-state index is -0.300. The summed E-state index contributed by atoms with van der Waals surface area (Å²) in [5.41, 5.74) is 3.09. The van der Waals surface area contributed by atoms with E-state index in [1.54, 1.807) is 24.3 Å². The van der Waals surface area contributed by atoms with Crippen LogP contribution in [0.3, 0.4) is 0 Å². The molecule has 0 bridgehead atoms. The Labute approximate surface area is 169 Å². The van der Waals surface area contributed by atoms with Gasteiger partial charge in [-0.25, -0.2) is 13.8 Å². The summed E-state index contributed by atoms with van der Waals surface area (Å²) in [6, 6.07) is 20.7. The number of rotatable bonds is 3. The summed E-state index contributed by atoms with van der Waals surface area (Å²) in [5.74, 6) is 0.171. The number of pyridine rings is 1. The van der Waals surface area contributed by atoms with Gasteiger partial charge in [-0.15, -0.1) is 0 Å². The molecule has 3 aromatic carbocycles. The molecular weight excluding hydrogens is 366 g/mol. The average Bonchev–Trinajstić information content (AvgIpc) is 2.68. The van der Waals surface area contributed by atoms with Crippen molar-refractivity contribution in [3.05, 3.63) is 84.4 Å². The molecule has 4 rings (SSSR count). The maximum atomic E-state index is 13.6. The van der Waals surface area contributed by atoms with Crippen molar-refractivity contribution >= 4 is 16.6 Å². The predicted molar refractivity (Wildman–Crippen MR) is 116 cm³/mol. The molecule has 146 valence electrons. The van der Waals surface area contributed by atoms with Crippen LogP contribution in [0.2, 0.25) is 0 Å². The molecule has 0 radical (unpaired) electrons. The molecule has 4 aromatic rings. The van der Waals surface area contributed by atoms with Crippen LogP contribution in [-0.4, -0.2) is 10.5 Å². The van der Waals surface area contributed by atoms with Crippen molar-refractivity contribution in [3.8, 4) is 22.4 Å². The fourth-order valence-corrected chi connectivity index (χ4v) is 3.44. The first-order chi connectivity index (χ1) is 13.8. The Bertz CT molecular complexity index is 1160. The third kappa shape index (κ3) is 3.97. The largest absolute Gasteiger partial charge is 0.365 e. The van der Waals surface area contributed by atoms with Gasteiger partial charge < -0.3 is 5.32 Å². The molecule has 0 spiro atoms. The first-order valence-electron chi connectivity index (χ1n) is 9.55. The van der Waals surface area contributed by atoms with Gasteiger partial charge in [0.05, 0.1) is 5.69 Å². The van der Waals surface area contributed by atoms with Crippen molar-refractivity contribution < 1.29 is 8.78 Å². The topological polar surface area (TPSA) is 24.9 Å². The van der Waals surface area contributed by atoms with Crippen LogP contribution < -0.4 is 5.32 Å². The van der Waals surface area contributed by atoms with Gasteiger partial charge in [0, 0.05) is 22.1 Å². The highest BCUT2D eigenvalue weighted by molar-refractivity contribution is 6.07. The van der Waals surface area contributed by atoms with Crippen molar-refractivity contribution in [2.45, 2.75) is 26.3 Å². The highest BCUT2D eigenvalue weighted by Gasteiger charge is 2.19. The van der Waals surface area contributed by atoms with Gasteiger partial charge in [0.2, 0.25) is 0 Å². The van der Waals surface area contributed by atoms with E-state index < -0.39 is 0 Å². The van der Waals surface area contributed by atoms with Gasteiger partial charge in [0.25, 0.3) is 0 Å². The molecule has 0 unspecified atom stereocenters. The van der Waals surface area contributed by atoms with Crippen LogP contribution in [0.4, 0.5) is 14.6 Å². The maximum Gasteiger partial charge on any atom is 0.135 e.